The van der Waals surface area contributed by atoms with Gasteiger partial charge < -0.3 is 0 Å². The SMILES string of the molecule is CC1=c2c(C)cncc2=CC1. The molecule has 1 aromatic rings. The molecule has 0 saturated carbocycles. The summed E-state index contributed by atoms with van der Waals surface area (Å²) in [5.74, 6) is 0. The van der Waals surface area contributed by atoms with Crippen LogP contribution in [0.25, 0.3) is 11.6 Å². The van der Waals surface area contributed by atoms with Crippen molar-refractivity contribution in [2.45, 2.75) is 20.3 Å². The van der Waals surface area contributed by atoms with E-state index in [-0.39, 0.29) is 0 Å². The Hall–Kier alpha value is -1.11. The molecule has 0 aliphatic heterocycles. The van der Waals surface area contributed by atoms with Crippen LogP contribution in [0, 0.1) is 6.92 Å². The highest BCUT2D eigenvalue weighted by molar-refractivity contribution is 5.58. The third-order valence-electron chi connectivity index (χ3n) is 2.22. The van der Waals surface area contributed by atoms with Gasteiger partial charge in [0.05, 0.1) is 0 Å². The first-order valence-electron chi connectivity index (χ1n) is 3.89. The van der Waals surface area contributed by atoms with Crippen LogP contribution in [-0.2, 0) is 0 Å². The molecule has 0 amide bonds. The second-order valence-electron chi connectivity index (χ2n) is 3.11. The molecule has 0 aromatic carbocycles. The molecule has 0 unspecified atom stereocenters. The second kappa shape index (κ2) is 2.19. The Balaban J connectivity index is 3.00. The third-order valence-corrected chi connectivity index (χ3v) is 2.22. The third kappa shape index (κ3) is 0.881. The molecule has 0 bridgehead atoms. The maximum atomic E-state index is 4.15. The Kier molecular flexibility index (Phi) is 1.31. The first kappa shape index (κ1) is 6.59. The summed E-state index contributed by atoms with van der Waals surface area (Å²) in [7, 11) is 0. The fourth-order valence-corrected chi connectivity index (χ4v) is 1.69. The summed E-state index contributed by atoms with van der Waals surface area (Å²) in [6.07, 6.45) is 7.22. The van der Waals surface area contributed by atoms with Gasteiger partial charge in [0.15, 0.2) is 0 Å². The van der Waals surface area contributed by atoms with Crippen LogP contribution in [0.2, 0.25) is 0 Å². The average Bonchev–Trinajstić information content (AvgIpc) is 2.34. The second-order valence-corrected chi connectivity index (χ2v) is 3.11. The molecule has 0 N–H and O–H groups in total. The van der Waals surface area contributed by atoms with E-state index in [4.69, 9.17) is 0 Å². The first-order chi connectivity index (χ1) is 5.29. The Morgan fingerprint density at radius 3 is 2.82 bits per heavy atom. The summed E-state index contributed by atoms with van der Waals surface area (Å²) >= 11 is 0. The predicted octanol–water partition coefficient (Wildman–Crippen LogP) is 0.745. The number of fused-ring (bicyclic) bond motifs is 1. The summed E-state index contributed by atoms with van der Waals surface area (Å²) in [6.45, 7) is 4.31. The zero-order valence-electron chi connectivity index (χ0n) is 6.89. The zero-order valence-corrected chi connectivity index (χ0v) is 6.89. The maximum Gasteiger partial charge on any atom is 0.0343 e. The molecule has 0 spiro atoms. The van der Waals surface area contributed by atoms with Crippen molar-refractivity contribution in [2.24, 2.45) is 0 Å². The minimum atomic E-state index is 1.10. The molecule has 0 radical (unpaired) electrons. The largest absolute Gasteiger partial charge is 0.264 e. The van der Waals surface area contributed by atoms with Gasteiger partial charge in [0, 0.05) is 12.4 Å². The Morgan fingerprint density at radius 2 is 2.09 bits per heavy atom. The molecule has 2 rings (SSSR count). The van der Waals surface area contributed by atoms with Crippen LogP contribution < -0.4 is 10.4 Å². The number of pyridine rings is 1. The van der Waals surface area contributed by atoms with Crippen LogP contribution in [0.4, 0.5) is 0 Å². The van der Waals surface area contributed by atoms with Crippen molar-refractivity contribution in [2.75, 3.05) is 0 Å². The summed E-state index contributed by atoms with van der Waals surface area (Å²) in [6, 6.07) is 0. The molecule has 1 heterocycles. The van der Waals surface area contributed by atoms with Crippen molar-refractivity contribution < 1.29 is 0 Å². The number of hydrogen-bond acceptors (Lipinski definition) is 1. The van der Waals surface area contributed by atoms with Crippen LogP contribution in [-0.4, -0.2) is 4.98 Å². The molecule has 0 saturated heterocycles. The summed E-state index contributed by atoms with van der Waals surface area (Å²) in [5.41, 5.74) is 2.77. The van der Waals surface area contributed by atoms with E-state index in [1.165, 1.54) is 21.6 Å². The van der Waals surface area contributed by atoms with Crippen LogP contribution in [0.5, 0.6) is 0 Å². The molecule has 11 heavy (non-hydrogen) atoms. The van der Waals surface area contributed by atoms with E-state index in [1.54, 1.807) is 0 Å². The maximum absolute atomic E-state index is 4.15. The van der Waals surface area contributed by atoms with Crippen LogP contribution in [0.3, 0.4) is 0 Å². The smallest absolute Gasteiger partial charge is 0.0343 e. The molecule has 1 heteroatoms. The highest BCUT2D eigenvalue weighted by Crippen LogP contribution is 2.03. The molecule has 1 aromatic heterocycles. The monoisotopic (exact) mass is 145 g/mol. The number of rotatable bonds is 0. The molecular formula is C10H11N. The molecule has 0 fully saturated rings. The van der Waals surface area contributed by atoms with Crippen molar-refractivity contribution in [3.05, 3.63) is 28.4 Å². The van der Waals surface area contributed by atoms with Gasteiger partial charge in [-0.2, -0.15) is 0 Å². The van der Waals surface area contributed by atoms with E-state index in [0.717, 1.165) is 6.42 Å². The van der Waals surface area contributed by atoms with Gasteiger partial charge in [-0.1, -0.05) is 11.6 Å². The van der Waals surface area contributed by atoms with Gasteiger partial charge in [-0.15, -0.1) is 0 Å². The predicted molar refractivity (Wildman–Crippen MR) is 46.4 cm³/mol. The first-order valence-corrected chi connectivity index (χ1v) is 3.89. The normalized spacial score (nSPS) is 14.5. The summed E-state index contributed by atoms with van der Waals surface area (Å²) < 4.78 is 0. The Morgan fingerprint density at radius 1 is 1.27 bits per heavy atom. The molecule has 1 aliphatic carbocycles. The molecule has 0 atom stereocenters. The number of aryl methyl sites for hydroxylation is 1. The fourth-order valence-electron chi connectivity index (χ4n) is 1.69. The van der Waals surface area contributed by atoms with E-state index in [2.05, 4.69) is 24.9 Å². The van der Waals surface area contributed by atoms with Gasteiger partial charge in [0.2, 0.25) is 0 Å². The van der Waals surface area contributed by atoms with E-state index >= 15 is 0 Å². The molecule has 1 aliphatic rings. The average molecular weight is 145 g/mol. The highest BCUT2D eigenvalue weighted by Gasteiger charge is 2.01. The topological polar surface area (TPSA) is 12.9 Å². The van der Waals surface area contributed by atoms with Crippen molar-refractivity contribution in [3.8, 4) is 0 Å². The lowest BCUT2D eigenvalue weighted by Crippen LogP contribution is -2.25. The minimum absolute atomic E-state index is 1.10. The van der Waals surface area contributed by atoms with Gasteiger partial charge in [0.1, 0.15) is 0 Å². The number of nitrogens with zero attached hydrogens (tertiary/aromatic N) is 1. The highest BCUT2D eigenvalue weighted by atomic mass is 14.6. The quantitative estimate of drug-likeness (QED) is 0.525. The van der Waals surface area contributed by atoms with Crippen molar-refractivity contribution in [1.29, 1.82) is 0 Å². The van der Waals surface area contributed by atoms with E-state index in [1.807, 2.05) is 12.4 Å². The standard InChI is InChI=1S/C10H11N/c1-7-3-4-9-6-11-5-8(2)10(7)9/h4-6H,3H2,1-2H3. The lowest BCUT2D eigenvalue weighted by Gasteiger charge is -1.93. The van der Waals surface area contributed by atoms with Crippen LogP contribution in [0.15, 0.2) is 12.4 Å². The van der Waals surface area contributed by atoms with Crippen molar-refractivity contribution in [3.63, 3.8) is 0 Å². The van der Waals surface area contributed by atoms with Crippen molar-refractivity contribution >= 4 is 11.6 Å². The minimum Gasteiger partial charge on any atom is -0.264 e. The number of aromatic nitrogens is 1. The van der Waals surface area contributed by atoms with E-state index in [9.17, 15) is 0 Å². The van der Waals surface area contributed by atoms with Gasteiger partial charge in [-0.3, -0.25) is 4.98 Å². The summed E-state index contributed by atoms with van der Waals surface area (Å²) in [5, 5.41) is 2.72. The molecule has 1 nitrogen and oxygen atoms in total. The van der Waals surface area contributed by atoms with E-state index in [0.29, 0.717) is 0 Å². The number of hydrogen-bond donors (Lipinski definition) is 0. The lowest BCUT2D eigenvalue weighted by molar-refractivity contribution is 1.21. The Bertz CT molecular complexity index is 401. The van der Waals surface area contributed by atoms with Gasteiger partial charge >= 0.3 is 0 Å². The van der Waals surface area contributed by atoms with Gasteiger partial charge in [0.25, 0.3) is 0 Å². The van der Waals surface area contributed by atoms with Gasteiger partial charge in [-0.05, 0) is 36.3 Å². The molecular weight excluding hydrogens is 134 g/mol. The van der Waals surface area contributed by atoms with Crippen LogP contribution >= 0.6 is 0 Å². The van der Waals surface area contributed by atoms with Crippen LogP contribution in [0.1, 0.15) is 18.9 Å². The van der Waals surface area contributed by atoms with E-state index < -0.39 is 0 Å². The van der Waals surface area contributed by atoms with Crippen molar-refractivity contribution in [1.82, 2.24) is 4.98 Å². The fraction of sp³-hybridized carbons (Fsp3) is 0.300. The summed E-state index contributed by atoms with van der Waals surface area (Å²) in [4.78, 5) is 4.15. The molecule has 56 valence electrons. The zero-order chi connectivity index (χ0) is 7.84. The van der Waals surface area contributed by atoms with Gasteiger partial charge in [-0.25, -0.2) is 0 Å². The lowest BCUT2D eigenvalue weighted by atomic mass is 10.2. The Labute approximate surface area is 66.1 Å².